The van der Waals surface area contributed by atoms with Gasteiger partial charge in [-0.05, 0) is 44.3 Å². The van der Waals surface area contributed by atoms with Crippen molar-refractivity contribution in [2.45, 2.75) is 27.3 Å². The number of carbonyl (C=O) groups is 1. The fraction of sp³-hybridized carbons (Fsp3) is 0.348. The van der Waals surface area contributed by atoms with Gasteiger partial charge in [-0.1, -0.05) is 13.8 Å². The molecule has 0 bridgehead atoms. The number of hydrogen-bond acceptors (Lipinski definition) is 6. The minimum Gasteiger partial charge on any atom is -0.508 e. The summed E-state index contributed by atoms with van der Waals surface area (Å²) in [5.74, 6) is 1.47. The lowest BCUT2D eigenvalue weighted by Gasteiger charge is -2.19. The predicted molar refractivity (Wildman–Crippen MR) is 112 cm³/mol. The molecule has 29 heavy (non-hydrogen) atoms. The van der Waals surface area contributed by atoms with E-state index in [9.17, 15) is 9.90 Å². The SMILES string of the molecule is CCN(CC)Cc1c(O)ccc2oc(C)c(C(=O)c3ccc(OC)cc3OC)c12. The van der Waals surface area contributed by atoms with E-state index in [-0.39, 0.29) is 11.5 Å². The first-order chi connectivity index (χ1) is 13.9. The van der Waals surface area contributed by atoms with Crippen LogP contribution in [-0.4, -0.2) is 43.1 Å². The molecule has 0 aliphatic rings. The molecule has 0 saturated heterocycles. The standard InChI is InChI=1S/C23H27NO5/c1-6-24(7-2)13-17-18(25)10-11-19-22(17)21(14(3)29-19)23(26)16-9-8-15(27-4)12-20(16)28-5/h8-12,25H,6-7,13H2,1-5H3. The number of furan rings is 1. The number of ketones is 1. The summed E-state index contributed by atoms with van der Waals surface area (Å²) in [5.41, 5.74) is 2.13. The first kappa shape index (κ1) is 20.7. The lowest BCUT2D eigenvalue weighted by Crippen LogP contribution is -2.22. The lowest BCUT2D eigenvalue weighted by atomic mass is 9.96. The first-order valence-electron chi connectivity index (χ1n) is 9.68. The van der Waals surface area contributed by atoms with Gasteiger partial charge in [-0.2, -0.15) is 0 Å². The van der Waals surface area contributed by atoms with Crippen molar-refractivity contribution in [1.29, 1.82) is 0 Å². The van der Waals surface area contributed by atoms with Crippen LogP contribution in [0.25, 0.3) is 11.0 Å². The summed E-state index contributed by atoms with van der Waals surface area (Å²) in [6, 6.07) is 8.41. The van der Waals surface area contributed by atoms with Crippen LogP contribution < -0.4 is 9.47 Å². The van der Waals surface area contributed by atoms with Crippen molar-refractivity contribution < 1.29 is 23.8 Å². The maximum Gasteiger partial charge on any atom is 0.200 e. The van der Waals surface area contributed by atoms with Gasteiger partial charge in [-0.3, -0.25) is 9.69 Å². The van der Waals surface area contributed by atoms with Crippen LogP contribution in [-0.2, 0) is 6.54 Å². The molecule has 0 aliphatic carbocycles. The van der Waals surface area contributed by atoms with Crippen molar-refractivity contribution >= 4 is 16.8 Å². The Labute approximate surface area is 170 Å². The minimum atomic E-state index is -0.216. The fourth-order valence-corrected chi connectivity index (χ4v) is 3.59. The monoisotopic (exact) mass is 397 g/mol. The van der Waals surface area contributed by atoms with Crippen LogP contribution in [0, 0.1) is 6.92 Å². The molecule has 2 aromatic carbocycles. The summed E-state index contributed by atoms with van der Waals surface area (Å²) in [4.78, 5) is 15.7. The van der Waals surface area contributed by atoms with E-state index in [1.807, 2.05) is 0 Å². The van der Waals surface area contributed by atoms with Gasteiger partial charge in [0.1, 0.15) is 28.6 Å². The topological polar surface area (TPSA) is 72.1 Å². The fourth-order valence-electron chi connectivity index (χ4n) is 3.59. The van der Waals surface area contributed by atoms with Gasteiger partial charge in [0.15, 0.2) is 0 Å². The van der Waals surface area contributed by atoms with E-state index in [1.165, 1.54) is 7.11 Å². The number of carbonyl (C=O) groups excluding carboxylic acids is 1. The summed E-state index contributed by atoms with van der Waals surface area (Å²) in [5, 5.41) is 11.2. The molecule has 6 nitrogen and oxygen atoms in total. The number of hydrogen-bond donors (Lipinski definition) is 1. The zero-order valence-corrected chi connectivity index (χ0v) is 17.5. The number of aryl methyl sites for hydroxylation is 1. The Kier molecular flexibility index (Phi) is 6.13. The Morgan fingerprint density at radius 3 is 2.45 bits per heavy atom. The Morgan fingerprint density at radius 1 is 1.10 bits per heavy atom. The molecule has 0 saturated carbocycles. The van der Waals surface area contributed by atoms with Gasteiger partial charge in [-0.15, -0.1) is 0 Å². The number of aromatic hydroxyl groups is 1. The Balaban J connectivity index is 2.20. The van der Waals surface area contributed by atoms with Crippen molar-refractivity contribution in [2.24, 2.45) is 0 Å². The molecule has 0 aliphatic heterocycles. The van der Waals surface area contributed by atoms with Crippen molar-refractivity contribution in [3.05, 3.63) is 52.8 Å². The van der Waals surface area contributed by atoms with Gasteiger partial charge in [0, 0.05) is 23.6 Å². The number of rotatable bonds is 8. The van der Waals surface area contributed by atoms with Gasteiger partial charge in [-0.25, -0.2) is 0 Å². The summed E-state index contributed by atoms with van der Waals surface area (Å²) in [6.45, 7) is 8.08. The molecular formula is C23H27NO5. The molecule has 0 unspecified atom stereocenters. The van der Waals surface area contributed by atoms with E-state index in [0.29, 0.717) is 51.5 Å². The summed E-state index contributed by atoms with van der Waals surface area (Å²) >= 11 is 0. The maximum absolute atomic E-state index is 13.5. The Morgan fingerprint density at radius 2 is 1.83 bits per heavy atom. The van der Waals surface area contributed by atoms with Crippen LogP contribution in [0.5, 0.6) is 17.2 Å². The largest absolute Gasteiger partial charge is 0.508 e. The van der Waals surface area contributed by atoms with E-state index in [0.717, 1.165) is 13.1 Å². The van der Waals surface area contributed by atoms with Gasteiger partial charge in [0.25, 0.3) is 0 Å². The highest BCUT2D eigenvalue weighted by Gasteiger charge is 2.26. The van der Waals surface area contributed by atoms with E-state index in [1.54, 1.807) is 44.4 Å². The maximum atomic E-state index is 13.5. The second kappa shape index (κ2) is 8.57. The van der Waals surface area contributed by atoms with Gasteiger partial charge < -0.3 is 19.0 Å². The summed E-state index contributed by atoms with van der Waals surface area (Å²) in [7, 11) is 3.08. The van der Waals surface area contributed by atoms with Crippen LogP contribution in [0.1, 0.15) is 41.1 Å². The lowest BCUT2D eigenvalue weighted by molar-refractivity contribution is 0.103. The smallest absolute Gasteiger partial charge is 0.200 e. The van der Waals surface area contributed by atoms with E-state index in [4.69, 9.17) is 13.9 Å². The molecule has 1 aromatic heterocycles. The van der Waals surface area contributed by atoms with E-state index >= 15 is 0 Å². The highest BCUT2D eigenvalue weighted by Crippen LogP contribution is 2.37. The molecule has 0 radical (unpaired) electrons. The number of benzene rings is 2. The molecule has 6 heteroatoms. The number of phenols is 1. The molecule has 0 spiro atoms. The van der Waals surface area contributed by atoms with Crippen molar-refractivity contribution in [2.75, 3.05) is 27.3 Å². The highest BCUT2D eigenvalue weighted by atomic mass is 16.5. The average molecular weight is 397 g/mol. The van der Waals surface area contributed by atoms with Crippen LogP contribution >= 0.6 is 0 Å². The number of ether oxygens (including phenoxy) is 2. The van der Waals surface area contributed by atoms with Crippen LogP contribution in [0.4, 0.5) is 0 Å². The van der Waals surface area contributed by atoms with Gasteiger partial charge >= 0.3 is 0 Å². The molecule has 0 fully saturated rings. The molecule has 1 heterocycles. The van der Waals surface area contributed by atoms with Crippen molar-refractivity contribution in [3.63, 3.8) is 0 Å². The number of fused-ring (bicyclic) bond motifs is 1. The average Bonchev–Trinajstić information content (AvgIpc) is 3.08. The third-order valence-corrected chi connectivity index (χ3v) is 5.27. The molecule has 3 rings (SSSR count). The van der Waals surface area contributed by atoms with Crippen molar-refractivity contribution in [3.8, 4) is 17.2 Å². The van der Waals surface area contributed by atoms with Crippen LogP contribution in [0.15, 0.2) is 34.7 Å². The number of methoxy groups -OCH3 is 2. The second-order valence-corrected chi connectivity index (χ2v) is 6.83. The Hall–Kier alpha value is -2.99. The third kappa shape index (κ3) is 3.80. The molecule has 3 aromatic rings. The first-order valence-corrected chi connectivity index (χ1v) is 9.68. The normalized spacial score (nSPS) is 11.2. The predicted octanol–water partition coefficient (Wildman–Crippen LogP) is 4.54. The molecule has 0 atom stereocenters. The van der Waals surface area contributed by atoms with E-state index < -0.39 is 0 Å². The van der Waals surface area contributed by atoms with Crippen molar-refractivity contribution in [1.82, 2.24) is 4.90 Å². The summed E-state index contributed by atoms with van der Waals surface area (Å²) in [6.07, 6.45) is 0. The zero-order valence-electron chi connectivity index (χ0n) is 17.5. The highest BCUT2D eigenvalue weighted by molar-refractivity contribution is 6.18. The minimum absolute atomic E-state index is 0.154. The van der Waals surface area contributed by atoms with Gasteiger partial charge in [0.05, 0.1) is 25.3 Å². The van der Waals surface area contributed by atoms with E-state index in [2.05, 4.69) is 18.7 Å². The molecule has 0 amide bonds. The van der Waals surface area contributed by atoms with Crippen LogP contribution in [0.3, 0.4) is 0 Å². The molecular weight excluding hydrogens is 370 g/mol. The van der Waals surface area contributed by atoms with Gasteiger partial charge in [0.2, 0.25) is 5.78 Å². The third-order valence-electron chi connectivity index (χ3n) is 5.27. The van der Waals surface area contributed by atoms with Crippen LogP contribution in [0.2, 0.25) is 0 Å². The Bertz CT molecular complexity index is 1030. The molecule has 1 N–H and O–H groups in total. The quantitative estimate of drug-likeness (QED) is 0.563. The number of nitrogens with zero attached hydrogens (tertiary/aromatic N) is 1. The zero-order chi connectivity index (χ0) is 21.1. The summed E-state index contributed by atoms with van der Waals surface area (Å²) < 4.78 is 16.5. The second-order valence-electron chi connectivity index (χ2n) is 6.83. The number of phenolic OH excluding ortho intramolecular Hbond substituents is 1. The molecule has 154 valence electrons.